The van der Waals surface area contributed by atoms with Gasteiger partial charge in [0.2, 0.25) is 0 Å². The Balaban J connectivity index is 1.52. The van der Waals surface area contributed by atoms with Gasteiger partial charge in [-0.1, -0.05) is 49.7 Å². The van der Waals surface area contributed by atoms with Crippen molar-refractivity contribution in [3.63, 3.8) is 0 Å². The number of nitrogens with zero attached hydrogens (tertiary/aromatic N) is 1. The van der Waals surface area contributed by atoms with Crippen molar-refractivity contribution in [3.8, 4) is 0 Å². The molecular weight excluding hydrogens is 376 g/mol. The van der Waals surface area contributed by atoms with Crippen LogP contribution in [0.2, 0.25) is 0 Å². The van der Waals surface area contributed by atoms with Crippen LogP contribution in [0.1, 0.15) is 65.7 Å². The Morgan fingerprint density at radius 2 is 1.73 bits per heavy atom. The fourth-order valence-electron chi connectivity index (χ4n) is 4.47. The number of hydrogen-bond donors (Lipinski definition) is 1. The maximum absolute atomic E-state index is 13.1. The molecule has 2 aromatic carbocycles. The zero-order valence-electron chi connectivity index (χ0n) is 17.7. The second-order valence-electron chi connectivity index (χ2n) is 8.51. The Morgan fingerprint density at radius 3 is 2.43 bits per heavy atom. The lowest BCUT2D eigenvalue weighted by Crippen LogP contribution is -2.41. The molecule has 156 valence electrons. The summed E-state index contributed by atoms with van der Waals surface area (Å²) < 4.78 is 0. The monoisotopic (exact) mass is 404 g/mol. The fraction of sp³-hybridized carbons (Fsp3) is 0.400. The maximum Gasteiger partial charge on any atom is 0.325 e. The van der Waals surface area contributed by atoms with Crippen molar-refractivity contribution < 1.29 is 14.4 Å². The molecule has 1 N–H and O–H groups in total. The van der Waals surface area contributed by atoms with Crippen LogP contribution < -0.4 is 5.32 Å². The highest BCUT2D eigenvalue weighted by Crippen LogP contribution is 2.30. The van der Waals surface area contributed by atoms with E-state index < -0.39 is 11.6 Å². The minimum absolute atomic E-state index is 0.214. The number of imide groups is 1. The van der Waals surface area contributed by atoms with Gasteiger partial charge in [0.05, 0.1) is 6.54 Å². The molecule has 5 heteroatoms. The molecule has 0 aromatic heterocycles. The Labute approximate surface area is 177 Å². The summed E-state index contributed by atoms with van der Waals surface area (Å²) in [4.78, 5) is 39.6. The van der Waals surface area contributed by atoms with Crippen molar-refractivity contribution in [2.24, 2.45) is 0 Å². The van der Waals surface area contributed by atoms with Gasteiger partial charge in [-0.2, -0.15) is 0 Å². The summed E-state index contributed by atoms with van der Waals surface area (Å²) in [5, 5.41) is 2.79. The molecule has 1 fully saturated rings. The van der Waals surface area contributed by atoms with Crippen LogP contribution in [0.5, 0.6) is 0 Å². The number of hydrogen-bond acceptors (Lipinski definition) is 3. The van der Waals surface area contributed by atoms with Gasteiger partial charge in [-0.15, -0.1) is 0 Å². The lowest BCUT2D eigenvalue weighted by atomic mass is 9.89. The molecule has 0 bridgehead atoms. The highest BCUT2D eigenvalue weighted by Gasteiger charge is 2.49. The van der Waals surface area contributed by atoms with Crippen molar-refractivity contribution in [2.75, 3.05) is 6.54 Å². The molecule has 5 nitrogen and oxygen atoms in total. The lowest BCUT2D eigenvalue weighted by Gasteiger charge is -2.22. The van der Waals surface area contributed by atoms with Crippen LogP contribution in [-0.2, 0) is 29.6 Å². The molecule has 30 heavy (non-hydrogen) atoms. The van der Waals surface area contributed by atoms with E-state index in [0.717, 1.165) is 42.6 Å². The first-order valence-electron chi connectivity index (χ1n) is 10.8. The van der Waals surface area contributed by atoms with E-state index in [0.29, 0.717) is 5.56 Å². The Hall–Kier alpha value is -2.95. The van der Waals surface area contributed by atoms with Crippen LogP contribution in [-0.4, -0.2) is 29.2 Å². The first-order valence-corrected chi connectivity index (χ1v) is 10.8. The van der Waals surface area contributed by atoms with Gasteiger partial charge >= 0.3 is 6.03 Å². The van der Waals surface area contributed by atoms with E-state index in [-0.39, 0.29) is 18.2 Å². The SMILES string of the molecule is CCCc1ccc([C@]2(C)NC(=O)N(CC(=O)c3ccc4c(c3)CCCC4)C2=O)cc1. The van der Waals surface area contributed by atoms with Crippen LogP contribution in [0.4, 0.5) is 4.79 Å². The van der Waals surface area contributed by atoms with Crippen molar-refractivity contribution >= 4 is 17.7 Å². The summed E-state index contributed by atoms with van der Waals surface area (Å²) in [7, 11) is 0. The zero-order valence-corrected chi connectivity index (χ0v) is 17.7. The van der Waals surface area contributed by atoms with Crippen molar-refractivity contribution in [1.82, 2.24) is 10.2 Å². The maximum atomic E-state index is 13.1. The van der Waals surface area contributed by atoms with Crippen LogP contribution in [0, 0.1) is 0 Å². The third-order valence-corrected chi connectivity index (χ3v) is 6.32. The van der Waals surface area contributed by atoms with Crippen molar-refractivity contribution in [3.05, 3.63) is 70.3 Å². The second kappa shape index (κ2) is 8.05. The molecule has 1 aliphatic heterocycles. The number of urea groups is 1. The normalized spacial score (nSPS) is 20.8. The summed E-state index contributed by atoms with van der Waals surface area (Å²) in [5.41, 5.74) is 3.84. The van der Waals surface area contributed by atoms with Gasteiger partial charge in [-0.05, 0) is 67.3 Å². The summed E-state index contributed by atoms with van der Waals surface area (Å²) in [6.07, 6.45) is 6.36. The molecule has 1 aliphatic carbocycles. The van der Waals surface area contributed by atoms with Crippen molar-refractivity contribution in [2.45, 2.75) is 57.9 Å². The minimum Gasteiger partial charge on any atom is -0.319 e. The van der Waals surface area contributed by atoms with E-state index in [1.165, 1.54) is 23.1 Å². The summed E-state index contributed by atoms with van der Waals surface area (Å²) in [6, 6.07) is 13.0. The van der Waals surface area contributed by atoms with E-state index in [9.17, 15) is 14.4 Å². The average molecular weight is 405 g/mol. The van der Waals surface area contributed by atoms with E-state index in [2.05, 4.69) is 12.2 Å². The van der Waals surface area contributed by atoms with Crippen LogP contribution >= 0.6 is 0 Å². The molecule has 2 aliphatic rings. The van der Waals surface area contributed by atoms with Crippen LogP contribution in [0.15, 0.2) is 42.5 Å². The standard InChI is InChI=1S/C25H28N2O3/c1-3-6-17-9-13-21(14-10-17)25(2)23(29)27(24(30)26-25)16-22(28)20-12-11-18-7-4-5-8-19(18)15-20/h9-15H,3-8,16H2,1-2H3,(H,26,30)/t25-/m0/s1. The van der Waals surface area contributed by atoms with Crippen molar-refractivity contribution in [1.29, 1.82) is 0 Å². The third-order valence-electron chi connectivity index (χ3n) is 6.32. The first-order chi connectivity index (χ1) is 14.4. The minimum atomic E-state index is -1.15. The zero-order chi connectivity index (χ0) is 21.3. The predicted molar refractivity (Wildman–Crippen MR) is 115 cm³/mol. The molecule has 1 heterocycles. The molecule has 0 spiro atoms. The number of carbonyl (C=O) groups excluding carboxylic acids is 3. The smallest absolute Gasteiger partial charge is 0.319 e. The van der Waals surface area contributed by atoms with E-state index in [1.54, 1.807) is 6.92 Å². The molecule has 0 unspecified atom stereocenters. The third kappa shape index (κ3) is 3.64. The van der Waals surface area contributed by atoms with Crippen LogP contribution in [0.3, 0.4) is 0 Å². The molecule has 0 radical (unpaired) electrons. The molecule has 2 aromatic rings. The summed E-state index contributed by atoms with van der Waals surface area (Å²) in [6.45, 7) is 3.58. The van der Waals surface area contributed by atoms with Gasteiger partial charge < -0.3 is 5.32 Å². The molecule has 3 amide bonds. The number of amides is 3. The Morgan fingerprint density at radius 1 is 1.03 bits per heavy atom. The molecule has 1 atom stereocenters. The van der Waals surface area contributed by atoms with E-state index in [4.69, 9.17) is 0 Å². The lowest BCUT2D eigenvalue weighted by molar-refractivity contribution is -0.130. The largest absolute Gasteiger partial charge is 0.325 e. The summed E-state index contributed by atoms with van der Waals surface area (Å²) in [5.74, 6) is -0.600. The Kier molecular flexibility index (Phi) is 5.46. The summed E-state index contributed by atoms with van der Waals surface area (Å²) >= 11 is 0. The molecule has 1 saturated heterocycles. The van der Waals surface area contributed by atoms with Gasteiger partial charge in [0, 0.05) is 5.56 Å². The predicted octanol–water partition coefficient (Wildman–Crippen LogP) is 4.17. The van der Waals surface area contributed by atoms with Gasteiger partial charge in [-0.3, -0.25) is 14.5 Å². The number of benzene rings is 2. The number of rotatable bonds is 6. The number of Topliss-reactive ketones (excluding diaryl/α,β-unsaturated/α-hetero) is 1. The topological polar surface area (TPSA) is 66.5 Å². The average Bonchev–Trinajstić information content (AvgIpc) is 2.98. The molecule has 0 saturated carbocycles. The fourth-order valence-corrected chi connectivity index (χ4v) is 4.47. The van der Waals surface area contributed by atoms with Crippen LogP contribution in [0.25, 0.3) is 0 Å². The number of fused-ring (bicyclic) bond motifs is 1. The highest BCUT2D eigenvalue weighted by molar-refractivity contribution is 6.11. The molecular formula is C25H28N2O3. The Bertz CT molecular complexity index is 996. The molecule has 4 rings (SSSR count). The van der Waals surface area contributed by atoms with Gasteiger partial charge in [-0.25, -0.2) is 4.79 Å². The van der Waals surface area contributed by atoms with E-state index in [1.807, 2.05) is 42.5 Å². The quantitative estimate of drug-likeness (QED) is 0.580. The highest BCUT2D eigenvalue weighted by atomic mass is 16.2. The number of ketones is 1. The second-order valence-corrected chi connectivity index (χ2v) is 8.51. The number of carbonyl (C=O) groups is 3. The number of aryl methyl sites for hydroxylation is 3. The van der Waals surface area contributed by atoms with E-state index >= 15 is 0 Å². The van der Waals surface area contributed by atoms with Gasteiger partial charge in [0.25, 0.3) is 5.91 Å². The van der Waals surface area contributed by atoms with Gasteiger partial charge in [0.1, 0.15) is 5.54 Å². The number of nitrogens with one attached hydrogen (secondary N) is 1. The first kappa shape index (κ1) is 20.3. The van der Waals surface area contributed by atoms with Gasteiger partial charge in [0.15, 0.2) is 5.78 Å².